The number of hydrogen-bond acceptors (Lipinski definition) is 2. The highest BCUT2D eigenvalue weighted by Gasteiger charge is 2.14. The molecule has 0 radical (unpaired) electrons. The Kier molecular flexibility index (Phi) is 5.29. The van der Waals surface area contributed by atoms with Gasteiger partial charge in [-0.25, -0.2) is 0 Å². The van der Waals surface area contributed by atoms with Crippen LogP contribution >= 0.6 is 15.9 Å². The Morgan fingerprint density at radius 1 is 1.14 bits per heavy atom. The highest BCUT2D eigenvalue weighted by Crippen LogP contribution is 2.32. The van der Waals surface area contributed by atoms with Crippen molar-refractivity contribution in [3.05, 3.63) is 58.1 Å². The van der Waals surface area contributed by atoms with E-state index in [9.17, 15) is 5.11 Å². The molecule has 2 aromatic carbocycles. The van der Waals surface area contributed by atoms with Crippen molar-refractivity contribution in [1.29, 1.82) is 0 Å². The second-order valence-electron chi connectivity index (χ2n) is 5.59. The molecule has 0 saturated carbocycles. The van der Waals surface area contributed by atoms with Crippen LogP contribution in [0.5, 0.6) is 5.75 Å². The summed E-state index contributed by atoms with van der Waals surface area (Å²) in [6.45, 7) is 6.50. The maximum Gasteiger partial charge on any atom is 0.120 e. The summed E-state index contributed by atoms with van der Waals surface area (Å²) < 4.78 is 0.978. The molecular weight excluding hydrogens is 326 g/mol. The number of rotatable bonds is 5. The van der Waals surface area contributed by atoms with E-state index in [1.165, 1.54) is 5.56 Å². The van der Waals surface area contributed by atoms with E-state index in [0.29, 0.717) is 11.7 Å². The fraction of sp³-hybridized carbons (Fsp3) is 0.333. The van der Waals surface area contributed by atoms with Gasteiger partial charge in [0.15, 0.2) is 0 Å². The van der Waals surface area contributed by atoms with Gasteiger partial charge < -0.3 is 10.4 Å². The van der Waals surface area contributed by atoms with Crippen LogP contribution < -0.4 is 5.32 Å². The largest absolute Gasteiger partial charge is 0.508 e. The maximum absolute atomic E-state index is 10.1. The molecule has 0 bridgehead atoms. The molecule has 0 aliphatic heterocycles. The highest BCUT2D eigenvalue weighted by atomic mass is 79.9. The van der Waals surface area contributed by atoms with Crippen LogP contribution in [0, 0.1) is 0 Å². The van der Waals surface area contributed by atoms with Gasteiger partial charge in [-0.3, -0.25) is 0 Å². The second kappa shape index (κ2) is 6.99. The molecule has 3 heteroatoms. The summed E-state index contributed by atoms with van der Waals surface area (Å²) in [5.74, 6) is 0.837. The van der Waals surface area contributed by atoms with Crippen molar-refractivity contribution in [3.63, 3.8) is 0 Å². The van der Waals surface area contributed by atoms with Gasteiger partial charge in [-0.1, -0.05) is 48.8 Å². The van der Waals surface area contributed by atoms with Gasteiger partial charge in [0.2, 0.25) is 0 Å². The normalized spacial score (nSPS) is 12.4. The van der Waals surface area contributed by atoms with Crippen LogP contribution in [-0.2, 0) is 0 Å². The molecule has 0 aliphatic carbocycles. The summed E-state index contributed by atoms with van der Waals surface area (Å²) in [6.07, 6.45) is 0.899. The third kappa shape index (κ3) is 4.01. The van der Waals surface area contributed by atoms with E-state index in [0.717, 1.165) is 22.1 Å². The number of anilines is 1. The SMILES string of the molecule is CCC(Nc1cccc(C(C)C)c1)c1cc(Br)ccc1O. The molecule has 2 aromatic rings. The minimum absolute atomic E-state index is 0.0879. The zero-order chi connectivity index (χ0) is 15.4. The van der Waals surface area contributed by atoms with Gasteiger partial charge in [-0.2, -0.15) is 0 Å². The number of phenolic OH excluding ortho intramolecular Hbond substituents is 1. The third-order valence-electron chi connectivity index (χ3n) is 3.67. The molecule has 2 N–H and O–H groups in total. The molecule has 2 rings (SSSR count). The minimum atomic E-state index is 0.0879. The van der Waals surface area contributed by atoms with E-state index in [4.69, 9.17) is 0 Å². The number of nitrogens with one attached hydrogen (secondary N) is 1. The molecule has 112 valence electrons. The van der Waals surface area contributed by atoms with Gasteiger partial charge in [-0.15, -0.1) is 0 Å². The molecule has 0 aliphatic rings. The zero-order valence-electron chi connectivity index (χ0n) is 12.7. The van der Waals surface area contributed by atoms with Crippen molar-refractivity contribution in [1.82, 2.24) is 0 Å². The summed E-state index contributed by atoms with van der Waals surface area (Å²) in [6, 6.07) is 14.1. The third-order valence-corrected chi connectivity index (χ3v) is 4.16. The van der Waals surface area contributed by atoms with Gasteiger partial charge in [0.1, 0.15) is 5.75 Å². The van der Waals surface area contributed by atoms with Gasteiger partial charge >= 0.3 is 0 Å². The summed E-state index contributed by atoms with van der Waals surface area (Å²) in [4.78, 5) is 0. The lowest BCUT2D eigenvalue weighted by Gasteiger charge is -2.21. The van der Waals surface area contributed by atoms with Crippen molar-refractivity contribution >= 4 is 21.6 Å². The summed E-state index contributed by atoms with van der Waals surface area (Å²) in [5.41, 5.74) is 3.32. The smallest absolute Gasteiger partial charge is 0.120 e. The van der Waals surface area contributed by atoms with E-state index in [1.54, 1.807) is 6.07 Å². The summed E-state index contributed by atoms with van der Waals surface area (Å²) in [5, 5.41) is 13.6. The van der Waals surface area contributed by atoms with E-state index in [1.807, 2.05) is 12.1 Å². The number of halogens is 1. The summed E-state index contributed by atoms with van der Waals surface area (Å²) >= 11 is 3.47. The van der Waals surface area contributed by atoms with Crippen LogP contribution in [0.15, 0.2) is 46.9 Å². The monoisotopic (exact) mass is 347 g/mol. The van der Waals surface area contributed by atoms with Crippen molar-refractivity contribution in [3.8, 4) is 5.75 Å². The van der Waals surface area contributed by atoms with Crippen molar-refractivity contribution in [2.24, 2.45) is 0 Å². The lowest BCUT2D eigenvalue weighted by Crippen LogP contribution is -2.10. The van der Waals surface area contributed by atoms with Crippen LogP contribution in [0.2, 0.25) is 0 Å². The number of hydrogen-bond donors (Lipinski definition) is 2. The van der Waals surface area contributed by atoms with Crippen LogP contribution in [0.25, 0.3) is 0 Å². The lowest BCUT2D eigenvalue weighted by molar-refractivity contribution is 0.462. The van der Waals surface area contributed by atoms with Crippen molar-refractivity contribution in [2.75, 3.05) is 5.32 Å². The molecule has 0 saturated heterocycles. The molecule has 2 nitrogen and oxygen atoms in total. The van der Waals surface area contributed by atoms with Gasteiger partial charge in [0, 0.05) is 15.7 Å². The number of phenols is 1. The number of aromatic hydroxyl groups is 1. The van der Waals surface area contributed by atoms with Crippen LogP contribution in [0.1, 0.15) is 50.3 Å². The Hall–Kier alpha value is -1.48. The van der Waals surface area contributed by atoms with Crippen molar-refractivity contribution in [2.45, 2.75) is 39.2 Å². The Balaban J connectivity index is 2.27. The second-order valence-corrected chi connectivity index (χ2v) is 6.50. The fourth-order valence-corrected chi connectivity index (χ4v) is 2.77. The predicted molar refractivity (Wildman–Crippen MR) is 93.0 cm³/mol. The average molecular weight is 348 g/mol. The molecule has 0 heterocycles. The first-order valence-corrected chi connectivity index (χ1v) is 8.15. The standard InChI is InChI=1S/C18H22BrNO/c1-4-17(16-11-14(19)8-9-18(16)21)20-15-7-5-6-13(10-15)12(2)3/h5-12,17,20-21H,4H2,1-3H3. The van der Waals surface area contributed by atoms with Crippen LogP contribution in [0.3, 0.4) is 0 Å². The molecule has 0 fully saturated rings. The number of benzene rings is 2. The topological polar surface area (TPSA) is 32.3 Å². The molecule has 0 amide bonds. The Labute approximate surface area is 135 Å². The van der Waals surface area contributed by atoms with Crippen LogP contribution in [-0.4, -0.2) is 5.11 Å². The first-order chi connectivity index (χ1) is 10.0. The van der Waals surface area contributed by atoms with Gasteiger partial charge in [0.05, 0.1) is 6.04 Å². The van der Waals surface area contributed by atoms with Crippen molar-refractivity contribution < 1.29 is 5.11 Å². The minimum Gasteiger partial charge on any atom is -0.508 e. The molecule has 21 heavy (non-hydrogen) atoms. The first-order valence-electron chi connectivity index (χ1n) is 7.36. The van der Waals surface area contributed by atoms with E-state index in [2.05, 4.69) is 66.3 Å². The van der Waals surface area contributed by atoms with E-state index in [-0.39, 0.29) is 6.04 Å². The highest BCUT2D eigenvalue weighted by molar-refractivity contribution is 9.10. The van der Waals surface area contributed by atoms with E-state index >= 15 is 0 Å². The fourth-order valence-electron chi connectivity index (χ4n) is 2.39. The van der Waals surface area contributed by atoms with Crippen LogP contribution in [0.4, 0.5) is 5.69 Å². The first kappa shape index (κ1) is 15.9. The predicted octanol–water partition coefficient (Wildman–Crippen LogP) is 5.84. The Morgan fingerprint density at radius 2 is 1.90 bits per heavy atom. The average Bonchev–Trinajstić information content (AvgIpc) is 2.47. The quantitative estimate of drug-likeness (QED) is 0.711. The van der Waals surface area contributed by atoms with E-state index < -0.39 is 0 Å². The summed E-state index contributed by atoms with van der Waals surface area (Å²) in [7, 11) is 0. The van der Waals surface area contributed by atoms with Gasteiger partial charge in [-0.05, 0) is 48.2 Å². The Morgan fingerprint density at radius 3 is 2.57 bits per heavy atom. The maximum atomic E-state index is 10.1. The molecule has 0 aromatic heterocycles. The Bertz CT molecular complexity index is 610. The zero-order valence-corrected chi connectivity index (χ0v) is 14.3. The molecule has 1 unspecified atom stereocenters. The van der Waals surface area contributed by atoms with Gasteiger partial charge in [0.25, 0.3) is 0 Å². The molecule has 1 atom stereocenters. The lowest BCUT2D eigenvalue weighted by atomic mass is 10.0. The molecular formula is C18H22BrNO. The molecule has 0 spiro atoms.